The molecule has 0 radical (unpaired) electrons. The first kappa shape index (κ1) is 9.30. The molecule has 0 amide bonds. The van der Waals surface area contributed by atoms with Gasteiger partial charge in [0.2, 0.25) is 0 Å². The molecule has 1 saturated carbocycles. The van der Waals surface area contributed by atoms with Gasteiger partial charge in [0.25, 0.3) is 0 Å². The molecule has 2 nitrogen and oxygen atoms in total. The van der Waals surface area contributed by atoms with Crippen LogP contribution < -0.4 is 5.32 Å². The van der Waals surface area contributed by atoms with Crippen LogP contribution in [0.1, 0.15) is 19.8 Å². The average molecular weight is 178 g/mol. The lowest BCUT2D eigenvalue weighted by Crippen LogP contribution is -2.42. The summed E-state index contributed by atoms with van der Waals surface area (Å²) in [5.74, 6) is 0.723. The highest BCUT2D eigenvalue weighted by atomic mass is 35.5. The van der Waals surface area contributed by atoms with Gasteiger partial charge in [0, 0.05) is 24.6 Å². The fourth-order valence-electron chi connectivity index (χ4n) is 1.28. The molecule has 0 saturated heterocycles. The van der Waals surface area contributed by atoms with E-state index in [4.69, 9.17) is 16.3 Å². The van der Waals surface area contributed by atoms with Gasteiger partial charge in [-0.05, 0) is 19.8 Å². The third-order valence-corrected chi connectivity index (χ3v) is 2.59. The Labute approximate surface area is 73.3 Å². The van der Waals surface area contributed by atoms with E-state index in [2.05, 4.69) is 12.2 Å². The molecule has 1 aliphatic carbocycles. The van der Waals surface area contributed by atoms with Crippen molar-refractivity contribution in [2.75, 3.05) is 19.6 Å². The van der Waals surface area contributed by atoms with Gasteiger partial charge in [-0.2, -0.15) is 0 Å². The van der Waals surface area contributed by atoms with Crippen molar-refractivity contribution in [3.8, 4) is 0 Å². The molecule has 0 aromatic rings. The largest absolute Gasteiger partial charge is 0.383 e. The molecule has 3 heteroatoms. The van der Waals surface area contributed by atoms with Gasteiger partial charge in [-0.3, -0.25) is 0 Å². The molecule has 0 bridgehead atoms. The Bertz CT molecular complexity index is 125. The Morgan fingerprint density at radius 2 is 2.27 bits per heavy atom. The van der Waals surface area contributed by atoms with E-state index in [0.717, 1.165) is 12.5 Å². The standard InChI is InChI=1S/C8H16ClNO/c1-7(5-11-2)10-8(6-9)3-4-8/h7,10H,3-6H2,1-2H3. The zero-order chi connectivity index (χ0) is 8.32. The van der Waals surface area contributed by atoms with Crippen LogP contribution in [-0.4, -0.2) is 31.2 Å². The van der Waals surface area contributed by atoms with Crippen molar-refractivity contribution in [1.82, 2.24) is 5.32 Å². The molecule has 0 aromatic heterocycles. The fourth-order valence-corrected chi connectivity index (χ4v) is 1.63. The van der Waals surface area contributed by atoms with E-state index in [1.165, 1.54) is 12.8 Å². The third kappa shape index (κ3) is 2.62. The van der Waals surface area contributed by atoms with Gasteiger partial charge in [-0.1, -0.05) is 0 Å². The Morgan fingerprint density at radius 1 is 1.64 bits per heavy atom. The summed E-state index contributed by atoms with van der Waals surface area (Å²) in [5, 5.41) is 3.46. The second-order valence-electron chi connectivity index (χ2n) is 3.41. The maximum absolute atomic E-state index is 5.80. The first-order valence-corrected chi connectivity index (χ1v) is 4.58. The summed E-state index contributed by atoms with van der Waals surface area (Å²) in [7, 11) is 1.72. The van der Waals surface area contributed by atoms with Gasteiger partial charge in [0.05, 0.1) is 6.61 Å². The Balaban J connectivity index is 2.18. The summed E-state index contributed by atoms with van der Waals surface area (Å²) >= 11 is 5.80. The minimum atomic E-state index is 0.250. The van der Waals surface area contributed by atoms with Crippen molar-refractivity contribution in [2.45, 2.75) is 31.3 Å². The number of alkyl halides is 1. The molecule has 0 spiro atoms. The van der Waals surface area contributed by atoms with Crippen molar-refractivity contribution in [3.05, 3.63) is 0 Å². The van der Waals surface area contributed by atoms with E-state index < -0.39 is 0 Å². The second-order valence-corrected chi connectivity index (χ2v) is 3.68. The zero-order valence-corrected chi connectivity index (χ0v) is 7.95. The van der Waals surface area contributed by atoms with E-state index in [9.17, 15) is 0 Å². The van der Waals surface area contributed by atoms with E-state index in [0.29, 0.717) is 6.04 Å². The molecule has 0 aliphatic heterocycles. The van der Waals surface area contributed by atoms with Crippen molar-refractivity contribution in [1.29, 1.82) is 0 Å². The van der Waals surface area contributed by atoms with Crippen molar-refractivity contribution in [3.63, 3.8) is 0 Å². The SMILES string of the molecule is COCC(C)NC1(CCl)CC1. The highest BCUT2D eigenvalue weighted by molar-refractivity contribution is 6.18. The molecular formula is C8H16ClNO. The van der Waals surface area contributed by atoms with Crippen LogP contribution in [0.25, 0.3) is 0 Å². The van der Waals surface area contributed by atoms with Gasteiger partial charge in [-0.25, -0.2) is 0 Å². The predicted molar refractivity (Wildman–Crippen MR) is 47.2 cm³/mol. The summed E-state index contributed by atoms with van der Waals surface area (Å²) < 4.78 is 5.02. The Hall–Kier alpha value is 0.210. The zero-order valence-electron chi connectivity index (χ0n) is 7.19. The highest BCUT2D eigenvalue weighted by Crippen LogP contribution is 2.36. The molecule has 1 N–H and O–H groups in total. The highest BCUT2D eigenvalue weighted by Gasteiger charge is 2.42. The van der Waals surface area contributed by atoms with Gasteiger partial charge in [0.1, 0.15) is 0 Å². The quantitative estimate of drug-likeness (QED) is 0.641. The maximum atomic E-state index is 5.80. The molecule has 0 heterocycles. The Morgan fingerprint density at radius 3 is 2.64 bits per heavy atom. The van der Waals surface area contributed by atoms with E-state index in [1.54, 1.807) is 7.11 Å². The normalized spacial score (nSPS) is 23.2. The average Bonchev–Trinajstić information content (AvgIpc) is 2.70. The van der Waals surface area contributed by atoms with Crippen molar-refractivity contribution < 1.29 is 4.74 Å². The predicted octanol–water partition coefficient (Wildman–Crippen LogP) is 1.38. The number of nitrogens with one attached hydrogen (secondary N) is 1. The molecule has 1 rings (SSSR count). The van der Waals surface area contributed by atoms with Crippen LogP contribution in [0, 0.1) is 0 Å². The molecular weight excluding hydrogens is 162 g/mol. The minimum absolute atomic E-state index is 0.250. The molecule has 1 aliphatic rings. The number of hydrogen-bond acceptors (Lipinski definition) is 2. The lowest BCUT2D eigenvalue weighted by molar-refractivity contribution is 0.166. The minimum Gasteiger partial charge on any atom is -0.383 e. The first-order chi connectivity index (χ1) is 5.22. The van der Waals surface area contributed by atoms with Crippen LogP contribution in [0.2, 0.25) is 0 Å². The summed E-state index contributed by atoms with van der Waals surface area (Å²) in [6.07, 6.45) is 2.43. The van der Waals surface area contributed by atoms with Crippen LogP contribution in [0.15, 0.2) is 0 Å². The van der Waals surface area contributed by atoms with Crippen LogP contribution in [0.4, 0.5) is 0 Å². The monoisotopic (exact) mass is 177 g/mol. The number of methoxy groups -OCH3 is 1. The lowest BCUT2D eigenvalue weighted by atomic mass is 10.2. The summed E-state index contributed by atoms with van der Waals surface area (Å²) in [4.78, 5) is 0. The van der Waals surface area contributed by atoms with Gasteiger partial charge < -0.3 is 10.1 Å². The van der Waals surface area contributed by atoms with E-state index >= 15 is 0 Å². The topological polar surface area (TPSA) is 21.3 Å². The molecule has 66 valence electrons. The Kier molecular flexibility index (Phi) is 3.16. The molecule has 1 fully saturated rings. The van der Waals surface area contributed by atoms with Crippen LogP contribution in [0.5, 0.6) is 0 Å². The first-order valence-electron chi connectivity index (χ1n) is 4.05. The fraction of sp³-hybridized carbons (Fsp3) is 1.00. The summed E-state index contributed by atoms with van der Waals surface area (Å²) in [6, 6.07) is 0.418. The van der Waals surface area contributed by atoms with E-state index in [-0.39, 0.29) is 5.54 Å². The van der Waals surface area contributed by atoms with Crippen LogP contribution in [0.3, 0.4) is 0 Å². The number of hydrogen-bond donors (Lipinski definition) is 1. The molecule has 1 unspecified atom stereocenters. The third-order valence-electron chi connectivity index (χ3n) is 2.08. The molecule has 11 heavy (non-hydrogen) atoms. The summed E-state index contributed by atoms with van der Waals surface area (Å²) in [5.41, 5.74) is 0.250. The van der Waals surface area contributed by atoms with Crippen molar-refractivity contribution in [2.24, 2.45) is 0 Å². The number of rotatable bonds is 5. The second kappa shape index (κ2) is 3.74. The molecule has 0 aromatic carbocycles. The number of halogens is 1. The summed E-state index contributed by atoms with van der Waals surface area (Å²) in [6.45, 7) is 2.88. The van der Waals surface area contributed by atoms with Gasteiger partial charge in [-0.15, -0.1) is 11.6 Å². The van der Waals surface area contributed by atoms with Gasteiger partial charge >= 0.3 is 0 Å². The number of ether oxygens (including phenoxy) is 1. The lowest BCUT2D eigenvalue weighted by Gasteiger charge is -2.19. The smallest absolute Gasteiger partial charge is 0.0613 e. The van der Waals surface area contributed by atoms with Crippen LogP contribution >= 0.6 is 11.6 Å². The maximum Gasteiger partial charge on any atom is 0.0613 e. The van der Waals surface area contributed by atoms with Crippen LogP contribution in [-0.2, 0) is 4.74 Å². The molecule has 1 atom stereocenters. The van der Waals surface area contributed by atoms with Gasteiger partial charge in [0.15, 0.2) is 0 Å². The van der Waals surface area contributed by atoms with Crippen molar-refractivity contribution >= 4 is 11.6 Å². The van der Waals surface area contributed by atoms with E-state index in [1.807, 2.05) is 0 Å².